The van der Waals surface area contributed by atoms with Crippen LogP contribution < -0.4 is 5.73 Å². The maximum Gasteiger partial charge on any atom is 0.221 e. The van der Waals surface area contributed by atoms with Crippen molar-refractivity contribution in [3.05, 3.63) is 107 Å². The zero-order chi connectivity index (χ0) is 16.1. The molecule has 0 atom stereocenters. The van der Waals surface area contributed by atoms with Crippen LogP contribution in [-0.4, -0.2) is 5.91 Å². The Balaban J connectivity index is 2.15. The summed E-state index contributed by atoms with van der Waals surface area (Å²) in [5.74, 6) is -0.217. The average molecular weight is 301 g/mol. The van der Waals surface area contributed by atoms with Crippen molar-refractivity contribution in [2.24, 2.45) is 5.73 Å². The molecule has 2 heteroatoms. The minimum Gasteiger partial charge on any atom is -0.369 e. The Bertz CT molecular complexity index is 742. The van der Waals surface area contributed by atoms with Gasteiger partial charge in [-0.05, 0) is 22.3 Å². The predicted molar refractivity (Wildman–Crippen MR) is 93.2 cm³/mol. The van der Waals surface area contributed by atoms with Gasteiger partial charge in [-0.25, -0.2) is 0 Å². The number of amides is 1. The van der Waals surface area contributed by atoms with Gasteiger partial charge in [-0.1, -0.05) is 84.9 Å². The third kappa shape index (κ3) is 3.49. The van der Waals surface area contributed by atoms with Crippen molar-refractivity contribution >= 4 is 5.91 Å². The fraction of sp³-hybridized carbons (Fsp3) is 0.0952. The number of carbonyl (C=O) groups excluding carboxylic acids is 1. The lowest BCUT2D eigenvalue weighted by Gasteiger charge is -2.21. The highest BCUT2D eigenvalue weighted by Gasteiger charge is 2.19. The summed E-state index contributed by atoms with van der Waals surface area (Å²) in [7, 11) is 0. The van der Waals surface area contributed by atoms with Crippen LogP contribution >= 0.6 is 0 Å². The van der Waals surface area contributed by atoms with Gasteiger partial charge in [-0.2, -0.15) is 0 Å². The second kappa shape index (κ2) is 6.93. The Morgan fingerprint density at radius 3 is 1.74 bits per heavy atom. The first kappa shape index (κ1) is 15.0. The smallest absolute Gasteiger partial charge is 0.221 e. The summed E-state index contributed by atoms with van der Waals surface area (Å²) in [5.41, 5.74) is 9.95. The monoisotopic (exact) mass is 301 g/mol. The number of hydrogen-bond donors (Lipinski definition) is 1. The minimum absolute atomic E-state index is 0.0907. The lowest BCUT2D eigenvalue weighted by molar-refractivity contribution is -0.117. The van der Waals surface area contributed by atoms with Crippen molar-refractivity contribution in [2.75, 3.05) is 0 Å². The van der Waals surface area contributed by atoms with Gasteiger partial charge < -0.3 is 5.73 Å². The van der Waals surface area contributed by atoms with Crippen LogP contribution in [0.3, 0.4) is 0 Å². The van der Waals surface area contributed by atoms with E-state index in [4.69, 9.17) is 5.73 Å². The van der Waals surface area contributed by atoms with Gasteiger partial charge in [0.05, 0.1) is 6.42 Å². The number of carbonyl (C=O) groups is 1. The van der Waals surface area contributed by atoms with Crippen LogP contribution in [-0.2, 0) is 11.2 Å². The lowest BCUT2D eigenvalue weighted by atomic mass is 9.82. The van der Waals surface area contributed by atoms with Crippen LogP contribution in [0.15, 0.2) is 84.9 Å². The topological polar surface area (TPSA) is 43.1 Å². The Kier molecular flexibility index (Phi) is 4.53. The number of benzene rings is 3. The van der Waals surface area contributed by atoms with E-state index in [0.717, 1.165) is 11.1 Å². The standard InChI is InChI=1S/C21H19NO/c22-20(23)15-18-13-7-8-14-19(18)21(16-9-3-1-4-10-16)17-11-5-2-6-12-17/h1-14,21H,15H2,(H2,22,23). The molecule has 0 aliphatic carbocycles. The molecule has 2 nitrogen and oxygen atoms in total. The average Bonchev–Trinajstić information content (AvgIpc) is 2.58. The molecule has 0 fully saturated rings. The van der Waals surface area contributed by atoms with E-state index in [-0.39, 0.29) is 18.2 Å². The first-order chi connectivity index (χ1) is 11.3. The second-order valence-electron chi connectivity index (χ2n) is 5.60. The zero-order valence-corrected chi connectivity index (χ0v) is 12.9. The summed E-state index contributed by atoms with van der Waals surface area (Å²) in [5, 5.41) is 0. The molecule has 0 saturated heterocycles. The number of nitrogens with two attached hydrogens (primary N) is 1. The molecule has 0 radical (unpaired) electrons. The van der Waals surface area contributed by atoms with Gasteiger partial charge in [-0.15, -0.1) is 0 Å². The second-order valence-corrected chi connectivity index (χ2v) is 5.60. The highest BCUT2D eigenvalue weighted by atomic mass is 16.1. The van der Waals surface area contributed by atoms with Crippen LogP contribution in [0.4, 0.5) is 0 Å². The summed E-state index contributed by atoms with van der Waals surface area (Å²) in [6.45, 7) is 0. The van der Waals surface area contributed by atoms with Crippen molar-refractivity contribution in [3.8, 4) is 0 Å². The molecule has 2 N–H and O–H groups in total. The molecule has 0 aliphatic rings. The minimum atomic E-state index is -0.308. The summed E-state index contributed by atoms with van der Waals surface area (Å²) >= 11 is 0. The van der Waals surface area contributed by atoms with Gasteiger partial charge in [0.1, 0.15) is 0 Å². The number of hydrogen-bond acceptors (Lipinski definition) is 1. The Labute approximate surface area is 136 Å². The Morgan fingerprint density at radius 2 is 1.22 bits per heavy atom. The molecule has 0 saturated carbocycles. The molecule has 3 aromatic carbocycles. The van der Waals surface area contributed by atoms with Crippen molar-refractivity contribution in [2.45, 2.75) is 12.3 Å². The summed E-state index contributed by atoms with van der Waals surface area (Å²) in [6, 6.07) is 28.7. The van der Waals surface area contributed by atoms with Gasteiger partial charge in [0.2, 0.25) is 5.91 Å². The molecule has 0 unspecified atom stereocenters. The third-order valence-electron chi connectivity index (χ3n) is 4.00. The molecule has 1 amide bonds. The molecule has 23 heavy (non-hydrogen) atoms. The van der Waals surface area contributed by atoms with Crippen LogP contribution in [0.2, 0.25) is 0 Å². The van der Waals surface area contributed by atoms with Gasteiger partial charge in [-0.3, -0.25) is 4.79 Å². The van der Waals surface area contributed by atoms with Gasteiger partial charge in [0.15, 0.2) is 0 Å². The fourth-order valence-electron chi connectivity index (χ4n) is 3.01. The molecule has 3 aromatic rings. The largest absolute Gasteiger partial charge is 0.369 e. The maximum absolute atomic E-state index is 11.4. The van der Waals surface area contributed by atoms with E-state index in [1.165, 1.54) is 11.1 Å². The van der Waals surface area contributed by atoms with E-state index in [2.05, 4.69) is 30.3 Å². The fourth-order valence-corrected chi connectivity index (χ4v) is 3.01. The van der Waals surface area contributed by atoms with E-state index in [9.17, 15) is 4.79 Å². The van der Waals surface area contributed by atoms with Crippen LogP contribution in [0, 0.1) is 0 Å². The van der Waals surface area contributed by atoms with Crippen molar-refractivity contribution < 1.29 is 4.79 Å². The van der Waals surface area contributed by atoms with Crippen molar-refractivity contribution in [1.82, 2.24) is 0 Å². The predicted octanol–water partition coefficient (Wildman–Crippen LogP) is 3.89. The molecular weight excluding hydrogens is 282 g/mol. The SMILES string of the molecule is NC(=O)Cc1ccccc1C(c1ccccc1)c1ccccc1. The summed E-state index contributed by atoms with van der Waals surface area (Å²) in [4.78, 5) is 11.4. The van der Waals surface area contributed by atoms with E-state index in [1.54, 1.807) is 0 Å². The highest BCUT2D eigenvalue weighted by Crippen LogP contribution is 2.33. The van der Waals surface area contributed by atoms with Gasteiger partial charge >= 0.3 is 0 Å². The highest BCUT2D eigenvalue weighted by molar-refractivity contribution is 5.77. The number of primary amides is 1. The molecule has 0 spiro atoms. The van der Waals surface area contributed by atoms with E-state index in [0.29, 0.717) is 0 Å². The molecule has 114 valence electrons. The molecular formula is C21H19NO. The molecule has 0 bridgehead atoms. The summed E-state index contributed by atoms with van der Waals surface area (Å²) < 4.78 is 0. The van der Waals surface area contributed by atoms with Crippen LogP contribution in [0.25, 0.3) is 0 Å². The van der Waals surface area contributed by atoms with Gasteiger partial charge in [0, 0.05) is 5.92 Å². The first-order valence-corrected chi connectivity index (χ1v) is 7.71. The quantitative estimate of drug-likeness (QED) is 0.714. The lowest BCUT2D eigenvalue weighted by Crippen LogP contribution is -2.16. The third-order valence-corrected chi connectivity index (χ3v) is 4.00. The molecule has 0 aliphatic heterocycles. The summed E-state index contributed by atoms with van der Waals surface area (Å²) in [6.07, 6.45) is 0.256. The van der Waals surface area contributed by atoms with Crippen LogP contribution in [0.5, 0.6) is 0 Å². The maximum atomic E-state index is 11.4. The first-order valence-electron chi connectivity index (χ1n) is 7.71. The van der Waals surface area contributed by atoms with Crippen molar-refractivity contribution in [1.29, 1.82) is 0 Å². The van der Waals surface area contributed by atoms with Gasteiger partial charge in [0.25, 0.3) is 0 Å². The van der Waals surface area contributed by atoms with Crippen LogP contribution in [0.1, 0.15) is 28.2 Å². The zero-order valence-electron chi connectivity index (χ0n) is 12.9. The van der Waals surface area contributed by atoms with E-state index < -0.39 is 0 Å². The molecule has 0 heterocycles. The Morgan fingerprint density at radius 1 is 0.739 bits per heavy atom. The Hall–Kier alpha value is -2.87. The normalized spacial score (nSPS) is 10.7. The van der Waals surface area contributed by atoms with E-state index in [1.807, 2.05) is 54.6 Å². The number of rotatable bonds is 5. The molecule has 0 aromatic heterocycles. The molecule has 3 rings (SSSR count). The van der Waals surface area contributed by atoms with Crippen molar-refractivity contribution in [3.63, 3.8) is 0 Å². The van der Waals surface area contributed by atoms with E-state index >= 15 is 0 Å².